The number of carbonyl (C=O) groups is 1. The zero-order chi connectivity index (χ0) is 21.0. The Labute approximate surface area is 178 Å². The molecule has 2 aromatic carbocycles. The Bertz CT molecular complexity index is 914. The van der Waals surface area contributed by atoms with Crippen molar-refractivity contribution in [3.63, 3.8) is 0 Å². The van der Waals surface area contributed by atoms with Gasteiger partial charge in [-0.15, -0.1) is 0 Å². The number of aromatic nitrogens is 2. The van der Waals surface area contributed by atoms with Crippen molar-refractivity contribution in [2.45, 2.75) is 39.0 Å². The number of hydrogen-bond donors (Lipinski definition) is 0. The number of hydrogen-bond acceptors (Lipinski definition) is 5. The first-order valence-electron chi connectivity index (χ1n) is 10.5. The van der Waals surface area contributed by atoms with Crippen molar-refractivity contribution in [1.29, 1.82) is 0 Å². The molecule has 5 nitrogen and oxygen atoms in total. The molecule has 1 aromatic heterocycles. The fourth-order valence-corrected chi connectivity index (χ4v) is 3.20. The van der Waals surface area contributed by atoms with Gasteiger partial charge in [0.1, 0.15) is 0 Å². The zero-order valence-corrected chi connectivity index (χ0v) is 17.4. The molecule has 0 aliphatic rings. The summed E-state index contributed by atoms with van der Waals surface area (Å²) in [6.07, 6.45) is 6.03. The van der Waals surface area contributed by atoms with E-state index in [1.54, 1.807) is 0 Å². The molecule has 0 atom stereocenters. The van der Waals surface area contributed by atoms with Gasteiger partial charge in [0.25, 0.3) is 0 Å². The number of nitrogens with zero attached hydrogens (tertiary/aromatic N) is 2. The van der Waals surface area contributed by atoms with E-state index in [1.807, 2.05) is 61.7 Å². The number of ether oxygens (including phenoxy) is 2. The lowest BCUT2D eigenvalue weighted by Gasteiger charge is -2.11. The van der Waals surface area contributed by atoms with Crippen molar-refractivity contribution in [3.05, 3.63) is 66.9 Å². The number of benzene rings is 2. The Balaban J connectivity index is 1.58. The van der Waals surface area contributed by atoms with E-state index in [0.717, 1.165) is 48.1 Å². The second kappa shape index (κ2) is 11.7. The third-order valence-electron chi connectivity index (χ3n) is 4.71. The first kappa shape index (κ1) is 21.5. The molecule has 5 heteroatoms. The molecule has 1 heterocycles. The van der Waals surface area contributed by atoms with Gasteiger partial charge in [0, 0.05) is 23.7 Å². The Morgan fingerprint density at radius 1 is 0.867 bits per heavy atom. The zero-order valence-electron chi connectivity index (χ0n) is 17.4. The van der Waals surface area contributed by atoms with Crippen LogP contribution >= 0.6 is 0 Å². The van der Waals surface area contributed by atoms with E-state index < -0.39 is 0 Å². The van der Waals surface area contributed by atoms with Crippen LogP contribution in [0.15, 0.2) is 66.9 Å². The molecule has 0 bridgehead atoms. The van der Waals surface area contributed by atoms with Gasteiger partial charge in [-0.25, -0.2) is 4.98 Å². The molecule has 0 aliphatic carbocycles. The van der Waals surface area contributed by atoms with Gasteiger partial charge in [-0.1, -0.05) is 73.5 Å². The standard InChI is InChI=1S/C25H28N2O3/c1-2-29-23(28)17-11-3-4-12-18-30-25-26-19-22(20-13-7-5-8-14-20)24(27-25)21-15-9-6-10-16-21/h5-10,13-16,19H,2-4,11-12,17-18H2,1H3. The van der Waals surface area contributed by atoms with E-state index in [2.05, 4.69) is 17.1 Å². The maximum atomic E-state index is 11.3. The minimum absolute atomic E-state index is 0.117. The summed E-state index contributed by atoms with van der Waals surface area (Å²) in [6, 6.07) is 20.6. The highest BCUT2D eigenvalue weighted by Gasteiger charge is 2.12. The topological polar surface area (TPSA) is 61.3 Å². The van der Waals surface area contributed by atoms with Gasteiger partial charge in [0.05, 0.1) is 18.9 Å². The van der Waals surface area contributed by atoms with E-state index in [-0.39, 0.29) is 5.97 Å². The predicted octanol–water partition coefficient (Wildman–Crippen LogP) is 5.70. The largest absolute Gasteiger partial charge is 0.466 e. The Hall–Kier alpha value is -3.21. The molecule has 30 heavy (non-hydrogen) atoms. The van der Waals surface area contributed by atoms with Crippen LogP contribution in [0.25, 0.3) is 22.4 Å². The van der Waals surface area contributed by atoms with Gasteiger partial charge in [-0.05, 0) is 25.3 Å². The molecule has 0 amide bonds. The van der Waals surface area contributed by atoms with Crippen LogP contribution in [0.5, 0.6) is 6.01 Å². The fraction of sp³-hybridized carbons (Fsp3) is 0.320. The lowest BCUT2D eigenvalue weighted by molar-refractivity contribution is -0.143. The molecular weight excluding hydrogens is 376 g/mol. The Morgan fingerprint density at radius 2 is 1.53 bits per heavy atom. The minimum Gasteiger partial charge on any atom is -0.466 e. The van der Waals surface area contributed by atoms with Crippen LogP contribution < -0.4 is 4.74 Å². The van der Waals surface area contributed by atoms with Crippen molar-refractivity contribution in [2.75, 3.05) is 13.2 Å². The molecule has 0 N–H and O–H groups in total. The van der Waals surface area contributed by atoms with Gasteiger partial charge in [-0.2, -0.15) is 4.98 Å². The molecule has 0 saturated heterocycles. The summed E-state index contributed by atoms with van der Waals surface area (Å²) in [5.74, 6) is -0.117. The third-order valence-corrected chi connectivity index (χ3v) is 4.71. The smallest absolute Gasteiger partial charge is 0.316 e. The van der Waals surface area contributed by atoms with Crippen molar-refractivity contribution >= 4 is 5.97 Å². The van der Waals surface area contributed by atoms with Gasteiger partial charge in [0.15, 0.2) is 0 Å². The van der Waals surface area contributed by atoms with E-state index >= 15 is 0 Å². The molecule has 0 aliphatic heterocycles. The van der Waals surface area contributed by atoms with Crippen molar-refractivity contribution < 1.29 is 14.3 Å². The first-order chi connectivity index (χ1) is 14.8. The SMILES string of the molecule is CCOC(=O)CCCCCCOc1ncc(-c2ccccc2)c(-c2ccccc2)n1. The molecule has 3 aromatic rings. The highest BCUT2D eigenvalue weighted by molar-refractivity contribution is 5.80. The summed E-state index contributed by atoms with van der Waals surface area (Å²) in [5.41, 5.74) is 3.95. The summed E-state index contributed by atoms with van der Waals surface area (Å²) < 4.78 is 10.7. The Kier molecular flexibility index (Phi) is 8.39. The van der Waals surface area contributed by atoms with Crippen LogP contribution in [0, 0.1) is 0 Å². The molecule has 0 unspecified atom stereocenters. The van der Waals surface area contributed by atoms with E-state index in [0.29, 0.717) is 25.6 Å². The van der Waals surface area contributed by atoms with Crippen LogP contribution in [0.1, 0.15) is 39.0 Å². The summed E-state index contributed by atoms with van der Waals surface area (Å²) in [5, 5.41) is 0. The quantitative estimate of drug-likeness (QED) is 0.303. The summed E-state index contributed by atoms with van der Waals surface area (Å²) in [7, 11) is 0. The lowest BCUT2D eigenvalue weighted by Crippen LogP contribution is -2.04. The second-order valence-corrected chi connectivity index (χ2v) is 6.96. The minimum atomic E-state index is -0.117. The van der Waals surface area contributed by atoms with Gasteiger partial charge < -0.3 is 9.47 Å². The monoisotopic (exact) mass is 404 g/mol. The maximum absolute atomic E-state index is 11.3. The van der Waals surface area contributed by atoms with Crippen molar-refractivity contribution in [3.8, 4) is 28.4 Å². The molecule has 0 radical (unpaired) electrons. The Morgan fingerprint density at radius 3 is 2.23 bits per heavy atom. The van der Waals surface area contributed by atoms with Crippen LogP contribution in [0.2, 0.25) is 0 Å². The average molecular weight is 405 g/mol. The summed E-state index contributed by atoms with van der Waals surface area (Å²) in [6.45, 7) is 2.83. The predicted molar refractivity (Wildman–Crippen MR) is 118 cm³/mol. The van der Waals surface area contributed by atoms with Gasteiger partial charge in [-0.3, -0.25) is 4.79 Å². The number of rotatable bonds is 11. The molecule has 156 valence electrons. The molecule has 0 spiro atoms. The van der Waals surface area contributed by atoms with Crippen molar-refractivity contribution in [2.24, 2.45) is 0 Å². The van der Waals surface area contributed by atoms with E-state index in [1.165, 1.54) is 0 Å². The van der Waals surface area contributed by atoms with Crippen LogP contribution in [0.3, 0.4) is 0 Å². The number of esters is 1. The van der Waals surface area contributed by atoms with Crippen LogP contribution in [-0.2, 0) is 9.53 Å². The number of unbranched alkanes of at least 4 members (excludes halogenated alkanes) is 3. The first-order valence-corrected chi connectivity index (χ1v) is 10.5. The highest BCUT2D eigenvalue weighted by atomic mass is 16.5. The molecule has 0 fully saturated rings. The highest BCUT2D eigenvalue weighted by Crippen LogP contribution is 2.31. The van der Waals surface area contributed by atoms with Crippen LogP contribution in [0.4, 0.5) is 0 Å². The normalized spacial score (nSPS) is 10.6. The lowest BCUT2D eigenvalue weighted by atomic mass is 10.0. The summed E-state index contributed by atoms with van der Waals surface area (Å²) >= 11 is 0. The molecule has 0 saturated carbocycles. The van der Waals surface area contributed by atoms with Crippen LogP contribution in [-0.4, -0.2) is 29.2 Å². The molecule has 3 rings (SSSR count). The second-order valence-electron chi connectivity index (χ2n) is 6.96. The third kappa shape index (κ3) is 6.41. The average Bonchev–Trinajstić information content (AvgIpc) is 2.80. The maximum Gasteiger partial charge on any atom is 0.316 e. The van der Waals surface area contributed by atoms with E-state index in [4.69, 9.17) is 14.5 Å². The van der Waals surface area contributed by atoms with Crippen molar-refractivity contribution in [1.82, 2.24) is 9.97 Å². The van der Waals surface area contributed by atoms with Gasteiger partial charge >= 0.3 is 12.0 Å². The summed E-state index contributed by atoms with van der Waals surface area (Å²) in [4.78, 5) is 20.5. The number of carbonyl (C=O) groups excluding carboxylic acids is 1. The fourth-order valence-electron chi connectivity index (χ4n) is 3.20. The molecular formula is C25H28N2O3. The van der Waals surface area contributed by atoms with Gasteiger partial charge in [0.2, 0.25) is 0 Å². The van der Waals surface area contributed by atoms with E-state index in [9.17, 15) is 4.79 Å².